The molecule has 3 rings (SSSR count). The van der Waals surface area contributed by atoms with Crippen LogP contribution in [0, 0.1) is 13.8 Å². The molecule has 0 saturated carbocycles. The molecule has 6 heteroatoms. The second-order valence-electron chi connectivity index (χ2n) is 6.72. The lowest BCUT2D eigenvalue weighted by molar-refractivity contribution is 0.0953. The van der Waals surface area contributed by atoms with Gasteiger partial charge in [0.1, 0.15) is 0 Å². The molecule has 0 aliphatic heterocycles. The van der Waals surface area contributed by atoms with Gasteiger partial charge < -0.3 is 19.8 Å². The first-order valence-corrected chi connectivity index (χ1v) is 9.06. The molecule has 0 radical (unpaired) electrons. The number of methoxy groups -OCH3 is 2. The maximum atomic E-state index is 12.4. The van der Waals surface area contributed by atoms with Crippen LogP contribution in [0.25, 0.3) is 10.9 Å². The van der Waals surface area contributed by atoms with Crippen LogP contribution in [-0.2, 0) is 6.42 Å². The Hall–Kier alpha value is -3.28. The Morgan fingerprint density at radius 3 is 2.43 bits per heavy atom. The minimum atomic E-state index is -0.232. The van der Waals surface area contributed by atoms with E-state index in [9.17, 15) is 9.59 Å². The van der Waals surface area contributed by atoms with Gasteiger partial charge in [-0.15, -0.1) is 0 Å². The summed E-state index contributed by atoms with van der Waals surface area (Å²) in [6.07, 6.45) is 0.442. The van der Waals surface area contributed by atoms with Crippen LogP contribution in [0.5, 0.6) is 11.5 Å². The number of nitrogens with one attached hydrogen (secondary N) is 2. The molecule has 6 nitrogen and oxygen atoms in total. The monoisotopic (exact) mass is 380 g/mol. The van der Waals surface area contributed by atoms with Crippen LogP contribution in [-0.4, -0.2) is 31.7 Å². The van der Waals surface area contributed by atoms with Gasteiger partial charge in [-0.1, -0.05) is 0 Å². The summed E-state index contributed by atoms with van der Waals surface area (Å²) in [7, 11) is 3.07. The van der Waals surface area contributed by atoms with Crippen molar-refractivity contribution >= 4 is 16.8 Å². The van der Waals surface area contributed by atoms with Gasteiger partial charge in [0.15, 0.2) is 11.5 Å². The van der Waals surface area contributed by atoms with Crippen LogP contribution in [0.15, 0.2) is 41.2 Å². The van der Waals surface area contributed by atoms with Crippen molar-refractivity contribution < 1.29 is 14.3 Å². The Balaban J connectivity index is 1.71. The lowest BCUT2D eigenvalue weighted by Crippen LogP contribution is -2.27. The van der Waals surface area contributed by atoms with Gasteiger partial charge in [-0.25, -0.2) is 0 Å². The third-order valence-corrected chi connectivity index (χ3v) is 4.86. The van der Waals surface area contributed by atoms with Crippen LogP contribution in [0.2, 0.25) is 0 Å². The number of carbonyl (C=O) groups excluding carboxylic acids is 1. The van der Waals surface area contributed by atoms with Crippen LogP contribution in [0.3, 0.4) is 0 Å². The fraction of sp³-hybridized carbons (Fsp3) is 0.273. The van der Waals surface area contributed by atoms with Crippen LogP contribution < -0.4 is 20.3 Å². The van der Waals surface area contributed by atoms with Gasteiger partial charge in [-0.05, 0) is 73.2 Å². The van der Waals surface area contributed by atoms with Crippen molar-refractivity contribution in [2.45, 2.75) is 20.3 Å². The number of benzene rings is 2. The van der Waals surface area contributed by atoms with Crippen molar-refractivity contribution in [3.8, 4) is 11.5 Å². The first-order valence-electron chi connectivity index (χ1n) is 9.06. The number of H-pyrrole nitrogens is 1. The van der Waals surface area contributed by atoms with Gasteiger partial charge in [-0.2, -0.15) is 0 Å². The molecule has 1 amide bonds. The summed E-state index contributed by atoms with van der Waals surface area (Å²) in [5.74, 6) is 0.823. The number of pyridine rings is 1. The highest BCUT2D eigenvalue weighted by atomic mass is 16.5. The van der Waals surface area contributed by atoms with E-state index in [2.05, 4.69) is 16.4 Å². The SMILES string of the molecule is COc1ccc(C(=O)NCCc2cc3cc(C)c(C)cc3[nH]c2=O)cc1OC. The molecular formula is C22H24N2O4. The molecule has 0 bridgehead atoms. The van der Waals surface area contributed by atoms with Gasteiger partial charge >= 0.3 is 0 Å². The van der Waals surface area contributed by atoms with E-state index < -0.39 is 0 Å². The van der Waals surface area contributed by atoms with E-state index in [0.717, 1.165) is 16.5 Å². The molecule has 2 N–H and O–H groups in total. The topological polar surface area (TPSA) is 80.4 Å². The van der Waals surface area contributed by atoms with Crippen LogP contribution in [0.4, 0.5) is 0 Å². The number of ether oxygens (including phenoxy) is 2. The molecule has 0 aliphatic rings. The molecule has 0 spiro atoms. The molecule has 0 unspecified atom stereocenters. The van der Waals surface area contributed by atoms with Crippen molar-refractivity contribution in [3.05, 3.63) is 69.0 Å². The number of amides is 1. The first kappa shape index (κ1) is 19.5. The largest absolute Gasteiger partial charge is 0.493 e. The maximum absolute atomic E-state index is 12.4. The molecule has 0 atom stereocenters. The summed E-state index contributed by atoms with van der Waals surface area (Å²) in [6.45, 7) is 4.42. The Bertz CT molecular complexity index is 1090. The average molecular weight is 380 g/mol. The van der Waals surface area contributed by atoms with Crippen molar-refractivity contribution in [1.29, 1.82) is 0 Å². The number of hydrogen-bond acceptors (Lipinski definition) is 4. The van der Waals surface area contributed by atoms with E-state index in [1.807, 2.05) is 26.0 Å². The van der Waals surface area contributed by atoms with Gasteiger partial charge in [0.25, 0.3) is 11.5 Å². The Morgan fingerprint density at radius 2 is 1.71 bits per heavy atom. The number of carbonyl (C=O) groups is 1. The second-order valence-corrected chi connectivity index (χ2v) is 6.72. The van der Waals surface area contributed by atoms with Gasteiger partial charge in [0.2, 0.25) is 0 Å². The third kappa shape index (κ3) is 4.01. The average Bonchev–Trinajstić information content (AvgIpc) is 2.69. The minimum Gasteiger partial charge on any atom is -0.493 e. The third-order valence-electron chi connectivity index (χ3n) is 4.86. The number of fused-ring (bicyclic) bond motifs is 1. The van der Waals surface area contributed by atoms with Crippen LogP contribution >= 0.6 is 0 Å². The molecule has 28 heavy (non-hydrogen) atoms. The number of hydrogen-bond donors (Lipinski definition) is 2. The molecule has 0 saturated heterocycles. The molecule has 1 heterocycles. The van der Waals surface area contributed by atoms with Crippen LogP contribution in [0.1, 0.15) is 27.0 Å². The zero-order valence-corrected chi connectivity index (χ0v) is 16.5. The smallest absolute Gasteiger partial charge is 0.251 e. The highest BCUT2D eigenvalue weighted by Crippen LogP contribution is 2.27. The van der Waals surface area contributed by atoms with E-state index in [1.54, 1.807) is 25.3 Å². The fourth-order valence-electron chi connectivity index (χ4n) is 3.10. The van der Waals surface area contributed by atoms with E-state index in [1.165, 1.54) is 12.7 Å². The van der Waals surface area contributed by atoms with E-state index in [0.29, 0.717) is 35.6 Å². The molecule has 0 aliphatic carbocycles. The highest BCUT2D eigenvalue weighted by molar-refractivity contribution is 5.94. The molecule has 146 valence electrons. The number of aryl methyl sites for hydroxylation is 2. The maximum Gasteiger partial charge on any atom is 0.251 e. The normalized spacial score (nSPS) is 10.7. The summed E-state index contributed by atoms with van der Waals surface area (Å²) in [5, 5.41) is 3.83. The predicted octanol–water partition coefficient (Wildman–Crippen LogP) is 3.13. The summed E-state index contributed by atoms with van der Waals surface area (Å²) in [4.78, 5) is 27.6. The fourth-order valence-corrected chi connectivity index (χ4v) is 3.10. The summed E-state index contributed by atoms with van der Waals surface area (Å²) >= 11 is 0. The Labute approximate surface area is 163 Å². The van der Waals surface area contributed by atoms with Gasteiger partial charge in [0.05, 0.1) is 14.2 Å². The first-order chi connectivity index (χ1) is 13.4. The standard InChI is InChI=1S/C22H24N2O4/c1-13-9-17-11-16(22(26)24-18(17)10-14(13)2)7-8-23-21(25)15-5-6-19(27-3)20(12-15)28-4/h5-6,9-12H,7-8H2,1-4H3,(H,23,25)(H,24,26). The Kier molecular flexibility index (Phi) is 5.68. The summed E-state index contributed by atoms with van der Waals surface area (Å²) in [6, 6.07) is 10.9. The van der Waals surface area contributed by atoms with Crippen molar-refractivity contribution in [3.63, 3.8) is 0 Å². The lowest BCUT2D eigenvalue weighted by atomic mass is 10.0. The molecule has 3 aromatic rings. The number of aromatic nitrogens is 1. The molecule has 0 fully saturated rings. The van der Waals surface area contributed by atoms with Gasteiger partial charge in [0, 0.05) is 23.2 Å². The number of aromatic amines is 1. The highest BCUT2D eigenvalue weighted by Gasteiger charge is 2.11. The molecule has 2 aromatic carbocycles. The number of rotatable bonds is 6. The second kappa shape index (κ2) is 8.17. The zero-order chi connectivity index (χ0) is 20.3. The lowest BCUT2D eigenvalue weighted by Gasteiger charge is -2.10. The zero-order valence-electron chi connectivity index (χ0n) is 16.5. The van der Waals surface area contributed by atoms with Crippen molar-refractivity contribution in [1.82, 2.24) is 10.3 Å². The quantitative estimate of drug-likeness (QED) is 0.688. The van der Waals surface area contributed by atoms with Crippen molar-refractivity contribution in [2.24, 2.45) is 0 Å². The van der Waals surface area contributed by atoms with Crippen molar-refractivity contribution in [2.75, 3.05) is 20.8 Å². The predicted molar refractivity (Wildman–Crippen MR) is 110 cm³/mol. The molecule has 1 aromatic heterocycles. The summed E-state index contributed by atoms with van der Waals surface area (Å²) in [5.41, 5.74) is 4.12. The minimum absolute atomic E-state index is 0.129. The Morgan fingerprint density at radius 1 is 1.00 bits per heavy atom. The van der Waals surface area contributed by atoms with E-state index in [4.69, 9.17) is 9.47 Å². The van der Waals surface area contributed by atoms with E-state index >= 15 is 0 Å². The summed E-state index contributed by atoms with van der Waals surface area (Å²) < 4.78 is 10.4. The van der Waals surface area contributed by atoms with E-state index in [-0.39, 0.29) is 11.5 Å². The molecular weight excluding hydrogens is 356 g/mol. The van der Waals surface area contributed by atoms with Gasteiger partial charge in [-0.3, -0.25) is 9.59 Å².